The Hall–Kier alpha value is 0.682. The van der Waals surface area contributed by atoms with Crippen molar-refractivity contribution in [3.63, 3.8) is 0 Å². The fraction of sp³-hybridized carbons (Fsp3) is 1.00. The summed E-state index contributed by atoms with van der Waals surface area (Å²) in [6, 6.07) is 0. The highest BCUT2D eigenvalue weighted by Crippen LogP contribution is 2.47. The maximum absolute atomic E-state index is 11.3. The van der Waals surface area contributed by atoms with Gasteiger partial charge in [-0.3, -0.25) is 4.57 Å². The summed E-state index contributed by atoms with van der Waals surface area (Å²) in [4.78, 5) is 0. The third-order valence-corrected chi connectivity index (χ3v) is 3.12. The van der Waals surface area contributed by atoms with E-state index in [1.165, 1.54) is 0 Å². The highest BCUT2D eigenvalue weighted by atomic mass is 31.2. The average Bonchev–Trinajstić information content (AvgIpc) is 1.89. The van der Waals surface area contributed by atoms with E-state index in [2.05, 4.69) is 0 Å². The molecule has 0 aliphatic carbocycles. The van der Waals surface area contributed by atoms with Crippen molar-refractivity contribution in [3.8, 4) is 0 Å². The third-order valence-electron chi connectivity index (χ3n) is 1.04. The van der Waals surface area contributed by atoms with Crippen LogP contribution in [0.3, 0.4) is 0 Å². The molecule has 0 saturated carbocycles. The topological polar surface area (TPSA) is 35.5 Å². The van der Waals surface area contributed by atoms with E-state index in [1.54, 1.807) is 20.8 Å². The summed E-state index contributed by atoms with van der Waals surface area (Å²) in [5.74, 6) is 0. The molecule has 11 heavy (non-hydrogen) atoms. The third kappa shape index (κ3) is 5.90. The highest BCUT2D eigenvalue weighted by molar-refractivity contribution is 7.53. The molecule has 0 spiro atoms. The lowest BCUT2D eigenvalue weighted by Crippen LogP contribution is -1.97. The Bertz CT molecular complexity index is 119. The predicted molar refractivity (Wildman–Crippen MR) is 51.3 cm³/mol. The van der Waals surface area contributed by atoms with Crippen LogP contribution in [0.5, 0.6) is 0 Å². The first kappa shape index (κ1) is 14.2. The maximum atomic E-state index is 11.3. The molecule has 0 aliphatic rings. The molecule has 0 aromatic carbocycles. The zero-order chi connectivity index (χ0) is 8.04. The molecule has 0 heterocycles. The molecule has 0 fully saturated rings. The minimum atomic E-state index is -2.70. The lowest BCUT2D eigenvalue weighted by Gasteiger charge is -2.13. The van der Waals surface area contributed by atoms with E-state index in [0.717, 1.165) is 0 Å². The fourth-order valence-corrected chi connectivity index (χ4v) is 1.84. The second-order valence-corrected chi connectivity index (χ2v) is 4.13. The first-order valence-corrected chi connectivity index (χ1v) is 5.29. The molecule has 0 amide bonds. The molecule has 0 rings (SSSR count). The Morgan fingerprint density at radius 3 is 1.64 bits per heavy atom. The van der Waals surface area contributed by atoms with Crippen molar-refractivity contribution in [1.82, 2.24) is 0 Å². The summed E-state index contributed by atoms with van der Waals surface area (Å²) in [5.41, 5.74) is 0. The number of hydrogen-bond acceptors (Lipinski definition) is 3. The standard InChI is InChI=1S/C6H15O3P.Al.3H/c1-4-8-10(7,6-3)9-5-2;;;;/h4-6H2,1-3H3;;;;. The average molecular weight is 196 g/mol. The van der Waals surface area contributed by atoms with Gasteiger partial charge in [-0.05, 0) is 13.8 Å². The molecule has 0 N–H and O–H groups in total. The van der Waals surface area contributed by atoms with E-state index in [4.69, 9.17) is 9.05 Å². The van der Waals surface area contributed by atoms with Crippen molar-refractivity contribution < 1.29 is 13.6 Å². The van der Waals surface area contributed by atoms with Gasteiger partial charge in [0.15, 0.2) is 17.4 Å². The first-order chi connectivity index (χ1) is 4.68. The molecular weight excluding hydrogens is 178 g/mol. The van der Waals surface area contributed by atoms with Crippen LogP contribution >= 0.6 is 7.60 Å². The van der Waals surface area contributed by atoms with Crippen molar-refractivity contribution in [1.29, 1.82) is 0 Å². The van der Waals surface area contributed by atoms with Crippen LogP contribution in [0.1, 0.15) is 20.8 Å². The van der Waals surface area contributed by atoms with Crippen LogP contribution in [0.15, 0.2) is 0 Å². The van der Waals surface area contributed by atoms with Gasteiger partial charge in [0.2, 0.25) is 0 Å². The van der Waals surface area contributed by atoms with Crippen molar-refractivity contribution in [2.75, 3.05) is 19.4 Å². The maximum Gasteiger partial charge on any atom is 0.330 e. The molecule has 0 radical (unpaired) electrons. The van der Waals surface area contributed by atoms with Crippen molar-refractivity contribution in [3.05, 3.63) is 0 Å². The van der Waals surface area contributed by atoms with Crippen molar-refractivity contribution >= 4 is 25.0 Å². The quantitative estimate of drug-likeness (QED) is 0.487. The van der Waals surface area contributed by atoms with Gasteiger partial charge in [0, 0.05) is 6.16 Å². The van der Waals surface area contributed by atoms with Crippen LogP contribution in [0, 0.1) is 0 Å². The zero-order valence-corrected chi connectivity index (χ0v) is 7.69. The minimum absolute atomic E-state index is 0. The molecule has 0 aromatic rings. The van der Waals surface area contributed by atoms with E-state index in [9.17, 15) is 4.57 Å². The van der Waals surface area contributed by atoms with Gasteiger partial charge >= 0.3 is 7.60 Å². The molecule has 0 unspecified atom stereocenters. The van der Waals surface area contributed by atoms with Gasteiger partial charge in [-0.1, -0.05) is 6.92 Å². The molecule has 5 heteroatoms. The summed E-state index contributed by atoms with van der Waals surface area (Å²) in [7, 11) is -2.70. The predicted octanol–water partition coefficient (Wildman–Crippen LogP) is 1.09. The van der Waals surface area contributed by atoms with Crippen LogP contribution in [-0.2, 0) is 13.6 Å². The summed E-state index contributed by atoms with van der Waals surface area (Å²) >= 11 is 0. The van der Waals surface area contributed by atoms with Crippen LogP contribution < -0.4 is 0 Å². The fourth-order valence-electron chi connectivity index (χ4n) is 0.613. The zero-order valence-electron chi connectivity index (χ0n) is 6.79. The van der Waals surface area contributed by atoms with E-state index in [0.29, 0.717) is 19.4 Å². The van der Waals surface area contributed by atoms with E-state index < -0.39 is 7.60 Å². The SMILES string of the molecule is CCOP(=O)(CC)OCC.[AlH3]. The monoisotopic (exact) mass is 196 g/mol. The highest BCUT2D eigenvalue weighted by Gasteiger charge is 2.19. The molecule has 0 atom stereocenters. The molecular formula is C6H18AlO3P. The molecule has 68 valence electrons. The van der Waals surface area contributed by atoms with Gasteiger partial charge in [-0.25, -0.2) is 0 Å². The Morgan fingerprint density at radius 1 is 1.09 bits per heavy atom. The van der Waals surface area contributed by atoms with Gasteiger partial charge < -0.3 is 9.05 Å². The van der Waals surface area contributed by atoms with Crippen molar-refractivity contribution in [2.45, 2.75) is 20.8 Å². The van der Waals surface area contributed by atoms with E-state index >= 15 is 0 Å². The lowest BCUT2D eigenvalue weighted by atomic mass is 10.9. The number of rotatable bonds is 5. The largest absolute Gasteiger partial charge is 0.330 e. The normalized spacial score (nSPS) is 10.8. The molecule has 0 aliphatic heterocycles. The second-order valence-electron chi connectivity index (χ2n) is 1.76. The molecule has 0 bridgehead atoms. The Balaban J connectivity index is 0. The van der Waals surface area contributed by atoms with E-state index in [1.807, 2.05) is 0 Å². The van der Waals surface area contributed by atoms with Crippen LogP contribution in [0.4, 0.5) is 0 Å². The summed E-state index contributed by atoms with van der Waals surface area (Å²) in [6.45, 7) is 6.31. The summed E-state index contributed by atoms with van der Waals surface area (Å²) in [6.07, 6.45) is 0.453. The lowest BCUT2D eigenvalue weighted by molar-refractivity contribution is 0.221. The van der Waals surface area contributed by atoms with Gasteiger partial charge in [-0.2, -0.15) is 0 Å². The van der Waals surface area contributed by atoms with E-state index in [-0.39, 0.29) is 17.4 Å². The van der Waals surface area contributed by atoms with Crippen molar-refractivity contribution in [2.24, 2.45) is 0 Å². The van der Waals surface area contributed by atoms with Gasteiger partial charge in [0.05, 0.1) is 13.2 Å². The summed E-state index contributed by atoms with van der Waals surface area (Å²) < 4.78 is 21.2. The minimum Gasteiger partial charge on any atom is -0.309 e. The summed E-state index contributed by atoms with van der Waals surface area (Å²) in [5, 5.41) is 0. The number of hydrogen-bond donors (Lipinski definition) is 0. The van der Waals surface area contributed by atoms with Gasteiger partial charge in [0.1, 0.15) is 0 Å². The Labute approximate surface area is 79.1 Å². The molecule has 3 nitrogen and oxygen atoms in total. The molecule has 0 aromatic heterocycles. The van der Waals surface area contributed by atoms with Crippen LogP contribution in [0.2, 0.25) is 0 Å². The molecule has 0 saturated heterocycles. The first-order valence-electron chi connectivity index (χ1n) is 3.56. The smallest absolute Gasteiger partial charge is 0.309 e. The van der Waals surface area contributed by atoms with Gasteiger partial charge in [0.25, 0.3) is 0 Å². The van der Waals surface area contributed by atoms with Crippen LogP contribution in [0.25, 0.3) is 0 Å². The van der Waals surface area contributed by atoms with Crippen LogP contribution in [-0.4, -0.2) is 36.7 Å². The Morgan fingerprint density at radius 2 is 1.45 bits per heavy atom. The Kier molecular flexibility index (Phi) is 9.49. The van der Waals surface area contributed by atoms with Gasteiger partial charge in [-0.15, -0.1) is 0 Å². The second kappa shape index (κ2) is 7.34.